The lowest BCUT2D eigenvalue weighted by Crippen LogP contribution is -1.86. The smallest absolute Gasteiger partial charge is 0.181 e. The van der Waals surface area contributed by atoms with E-state index in [2.05, 4.69) is 33.4 Å². The number of aromatic nitrogens is 3. The van der Waals surface area contributed by atoms with Crippen LogP contribution in [0.5, 0.6) is 0 Å². The lowest BCUT2D eigenvalue weighted by Gasteiger charge is -1.99. The topological polar surface area (TPSA) is 50.8 Å². The minimum absolute atomic E-state index is 0.619. The number of nitrogens with zero attached hydrogens (tertiary/aromatic N) is 2. The van der Waals surface area contributed by atoms with Crippen molar-refractivity contribution in [2.45, 2.75) is 32.0 Å². The molecule has 4 heteroatoms. The van der Waals surface area contributed by atoms with Crippen molar-refractivity contribution in [3.63, 3.8) is 0 Å². The van der Waals surface area contributed by atoms with E-state index in [9.17, 15) is 0 Å². The number of hydrogen-bond donors (Lipinski definition) is 1. The van der Waals surface area contributed by atoms with Crippen molar-refractivity contribution < 1.29 is 4.74 Å². The normalized spacial score (nSPS) is 18.4. The maximum Gasteiger partial charge on any atom is 0.181 e. The Bertz CT molecular complexity index is 572. The van der Waals surface area contributed by atoms with E-state index >= 15 is 0 Å². The molecule has 1 aromatic heterocycles. The Balaban J connectivity index is 1.72. The Morgan fingerprint density at radius 2 is 2.06 bits per heavy atom. The summed E-state index contributed by atoms with van der Waals surface area (Å²) in [5.41, 5.74) is 3.63. The van der Waals surface area contributed by atoms with Gasteiger partial charge in [-0.25, -0.2) is 4.98 Å². The van der Waals surface area contributed by atoms with Crippen LogP contribution in [0, 0.1) is 0 Å². The Labute approximate surface area is 99.0 Å². The maximum absolute atomic E-state index is 5.41. The van der Waals surface area contributed by atoms with E-state index in [4.69, 9.17) is 4.74 Å². The minimum atomic E-state index is 0.619. The molecule has 0 bridgehead atoms. The number of aromatic amines is 1. The summed E-state index contributed by atoms with van der Waals surface area (Å²) >= 11 is 0. The number of fused-ring (bicyclic) bond motifs is 1. The van der Waals surface area contributed by atoms with E-state index in [1.54, 1.807) is 0 Å². The van der Waals surface area contributed by atoms with E-state index in [0.717, 1.165) is 23.8 Å². The van der Waals surface area contributed by atoms with Crippen molar-refractivity contribution in [1.29, 1.82) is 0 Å². The third-order valence-electron chi connectivity index (χ3n) is 3.45. The zero-order chi connectivity index (χ0) is 11.2. The second-order valence-electron chi connectivity index (χ2n) is 4.79. The molecule has 1 fully saturated rings. The molecule has 1 aliphatic carbocycles. The SMILES string of the molecule is c1cc2c(cc1-c1n[nH]c(C3CC3)n1)COC2. The molecule has 1 N–H and O–H groups in total. The number of nitrogens with one attached hydrogen (secondary N) is 1. The molecule has 1 saturated carbocycles. The molecule has 0 spiro atoms. The second kappa shape index (κ2) is 3.40. The molecule has 0 unspecified atom stereocenters. The van der Waals surface area contributed by atoms with Gasteiger partial charge in [-0.3, -0.25) is 5.10 Å². The zero-order valence-corrected chi connectivity index (χ0v) is 9.44. The van der Waals surface area contributed by atoms with E-state index in [0.29, 0.717) is 12.5 Å². The van der Waals surface area contributed by atoms with E-state index in [1.165, 1.54) is 24.0 Å². The molecule has 0 radical (unpaired) electrons. The highest BCUT2D eigenvalue weighted by atomic mass is 16.5. The largest absolute Gasteiger partial charge is 0.372 e. The Morgan fingerprint density at radius 3 is 2.94 bits per heavy atom. The molecule has 0 saturated heterocycles. The van der Waals surface area contributed by atoms with Gasteiger partial charge in [-0.15, -0.1) is 0 Å². The molecule has 2 aromatic rings. The van der Waals surface area contributed by atoms with Crippen LogP contribution in [-0.2, 0) is 18.0 Å². The van der Waals surface area contributed by atoms with Crippen LogP contribution in [-0.4, -0.2) is 15.2 Å². The van der Waals surface area contributed by atoms with Gasteiger partial charge in [0.15, 0.2) is 5.82 Å². The number of benzene rings is 1. The summed E-state index contributed by atoms with van der Waals surface area (Å²) in [4.78, 5) is 4.56. The van der Waals surface area contributed by atoms with Gasteiger partial charge in [0, 0.05) is 11.5 Å². The first kappa shape index (κ1) is 9.36. The van der Waals surface area contributed by atoms with E-state index in [-0.39, 0.29) is 0 Å². The highest BCUT2D eigenvalue weighted by Gasteiger charge is 2.27. The lowest BCUT2D eigenvalue weighted by atomic mass is 10.1. The predicted octanol–water partition coefficient (Wildman–Crippen LogP) is 2.38. The summed E-state index contributed by atoms with van der Waals surface area (Å²) in [5, 5.41) is 7.34. The van der Waals surface area contributed by atoms with Crippen molar-refractivity contribution in [3.8, 4) is 11.4 Å². The van der Waals surface area contributed by atoms with Crippen molar-refractivity contribution >= 4 is 0 Å². The minimum Gasteiger partial charge on any atom is -0.372 e. The molecule has 2 heterocycles. The molecule has 4 rings (SSSR count). The molecule has 17 heavy (non-hydrogen) atoms. The van der Waals surface area contributed by atoms with Crippen molar-refractivity contribution in [2.24, 2.45) is 0 Å². The first-order chi connectivity index (χ1) is 8.40. The van der Waals surface area contributed by atoms with Crippen molar-refractivity contribution in [1.82, 2.24) is 15.2 Å². The van der Waals surface area contributed by atoms with E-state index < -0.39 is 0 Å². The summed E-state index contributed by atoms with van der Waals surface area (Å²) in [7, 11) is 0. The van der Waals surface area contributed by atoms with Gasteiger partial charge in [0.25, 0.3) is 0 Å². The second-order valence-corrected chi connectivity index (χ2v) is 4.79. The quantitative estimate of drug-likeness (QED) is 0.857. The summed E-state index contributed by atoms with van der Waals surface area (Å²) in [6, 6.07) is 6.33. The molecule has 1 aliphatic heterocycles. The molecule has 1 aromatic carbocycles. The van der Waals surface area contributed by atoms with Gasteiger partial charge < -0.3 is 4.74 Å². The first-order valence-electron chi connectivity index (χ1n) is 6.02. The fourth-order valence-corrected chi connectivity index (χ4v) is 2.25. The van der Waals surface area contributed by atoms with E-state index in [1.807, 2.05) is 0 Å². The van der Waals surface area contributed by atoms with Crippen LogP contribution in [0.4, 0.5) is 0 Å². The van der Waals surface area contributed by atoms with Crippen LogP contribution < -0.4 is 0 Å². The molecule has 86 valence electrons. The predicted molar refractivity (Wildman–Crippen MR) is 62.3 cm³/mol. The first-order valence-corrected chi connectivity index (χ1v) is 6.02. The van der Waals surface area contributed by atoms with Crippen LogP contribution in [0.2, 0.25) is 0 Å². The maximum atomic E-state index is 5.41. The molecular formula is C13H13N3O. The number of H-pyrrole nitrogens is 1. The molecule has 2 aliphatic rings. The van der Waals surface area contributed by atoms with Gasteiger partial charge in [0.05, 0.1) is 13.2 Å². The van der Waals surface area contributed by atoms with Gasteiger partial charge in [0.2, 0.25) is 0 Å². The number of ether oxygens (including phenoxy) is 1. The highest BCUT2D eigenvalue weighted by Crippen LogP contribution is 2.38. The van der Waals surface area contributed by atoms with Crippen LogP contribution in [0.1, 0.15) is 35.7 Å². The third kappa shape index (κ3) is 1.56. The average molecular weight is 227 g/mol. The van der Waals surface area contributed by atoms with Crippen molar-refractivity contribution in [3.05, 3.63) is 35.2 Å². The van der Waals surface area contributed by atoms with Crippen LogP contribution in [0.3, 0.4) is 0 Å². The fourth-order valence-electron chi connectivity index (χ4n) is 2.25. The van der Waals surface area contributed by atoms with Gasteiger partial charge in [-0.2, -0.15) is 5.10 Å². The fraction of sp³-hybridized carbons (Fsp3) is 0.385. The number of hydrogen-bond acceptors (Lipinski definition) is 3. The summed E-state index contributed by atoms with van der Waals surface area (Å²) in [5.74, 6) is 2.47. The monoisotopic (exact) mass is 227 g/mol. The summed E-state index contributed by atoms with van der Waals surface area (Å²) in [6.07, 6.45) is 2.49. The number of rotatable bonds is 2. The average Bonchev–Trinajstić information content (AvgIpc) is 2.93. The van der Waals surface area contributed by atoms with Crippen molar-refractivity contribution in [2.75, 3.05) is 0 Å². The van der Waals surface area contributed by atoms with Crippen LogP contribution in [0.15, 0.2) is 18.2 Å². The van der Waals surface area contributed by atoms with Crippen LogP contribution in [0.25, 0.3) is 11.4 Å². The van der Waals surface area contributed by atoms with Crippen LogP contribution >= 0.6 is 0 Å². The highest BCUT2D eigenvalue weighted by molar-refractivity contribution is 5.57. The Morgan fingerprint density at radius 1 is 1.18 bits per heavy atom. The molecule has 0 atom stereocenters. The zero-order valence-electron chi connectivity index (χ0n) is 9.44. The molecule has 0 amide bonds. The Kier molecular flexibility index (Phi) is 1.87. The standard InChI is InChI=1S/C13H13N3O/c1-2-8(1)12-14-13(16-15-12)9-3-4-10-6-17-7-11(10)5-9/h3-5,8H,1-2,6-7H2,(H,14,15,16). The van der Waals surface area contributed by atoms with Gasteiger partial charge in [0.1, 0.15) is 5.82 Å². The third-order valence-corrected chi connectivity index (χ3v) is 3.45. The summed E-state index contributed by atoms with van der Waals surface area (Å²) < 4.78 is 5.41. The van der Waals surface area contributed by atoms with Gasteiger partial charge >= 0.3 is 0 Å². The van der Waals surface area contributed by atoms with Gasteiger partial charge in [-0.05, 0) is 30.0 Å². The lowest BCUT2D eigenvalue weighted by molar-refractivity contribution is 0.134. The summed E-state index contributed by atoms with van der Waals surface area (Å²) in [6.45, 7) is 1.44. The Hall–Kier alpha value is -1.68. The molecular weight excluding hydrogens is 214 g/mol. The molecule has 4 nitrogen and oxygen atoms in total. The van der Waals surface area contributed by atoms with Gasteiger partial charge in [-0.1, -0.05) is 12.1 Å².